The van der Waals surface area contributed by atoms with Gasteiger partial charge in [-0.05, 0) is 47.0 Å². The number of benzene rings is 1. The Balaban J connectivity index is 1.86. The van der Waals surface area contributed by atoms with Gasteiger partial charge in [-0.3, -0.25) is 0 Å². The summed E-state index contributed by atoms with van der Waals surface area (Å²) in [6.07, 6.45) is 0.888. The summed E-state index contributed by atoms with van der Waals surface area (Å²) < 4.78 is 1.85. The van der Waals surface area contributed by atoms with E-state index in [1.165, 1.54) is 5.56 Å². The molecule has 1 heterocycles. The van der Waals surface area contributed by atoms with Gasteiger partial charge >= 0.3 is 0 Å². The van der Waals surface area contributed by atoms with E-state index < -0.39 is 0 Å². The summed E-state index contributed by atoms with van der Waals surface area (Å²) in [6, 6.07) is 7.87. The van der Waals surface area contributed by atoms with Gasteiger partial charge in [0, 0.05) is 11.6 Å². The molecule has 0 aliphatic heterocycles. The van der Waals surface area contributed by atoms with Gasteiger partial charge in [-0.15, -0.1) is 5.10 Å². The molecule has 2 aromatic rings. The molecule has 0 saturated carbocycles. The van der Waals surface area contributed by atoms with Crippen LogP contribution in [-0.4, -0.2) is 26.8 Å². The van der Waals surface area contributed by atoms with E-state index in [9.17, 15) is 0 Å². The highest BCUT2D eigenvalue weighted by Gasteiger charge is 2.06. The van der Waals surface area contributed by atoms with Crippen LogP contribution in [0.15, 0.2) is 24.3 Å². The van der Waals surface area contributed by atoms with Gasteiger partial charge in [0.1, 0.15) is 0 Å². The standard InChI is InChI=1S/C14H20ClN5/c1-11(2)9-16-10-14-17-18-19-20(14)8-7-12-3-5-13(15)6-4-12/h3-6,11,16H,7-10H2,1-2H3. The lowest BCUT2D eigenvalue weighted by Gasteiger charge is -2.08. The van der Waals surface area contributed by atoms with Crippen molar-refractivity contribution in [2.24, 2.45) is 5.92 Å². The molecule has 0 aliphatic rings. The molecule has 5 nitrogen and oxygen atoms in total. The topological polar surface area (TPSA) is 55.6 Å². The van der Waals surface area contributed by atoms with Crippen molar-refractivity contribution in [1.82, 2.24) is 25.5 Å². The highest BCUT2D eigenvalue weighted by Crippen LogP contribution is 2.10. The Morgan fingerprint density at radius 1 is 1.25 bits per heavy atom. The highest BCUT2D eigenvalue weighted by atomic mass is 35.5. The van der Waals surface area contributed by atoms with Gasteiger partial charge in [-0.1, -0.05) is 37.6 Å². The van der Waals surface area contributed by atoms with Crippen molar-refractivity contribution in [3.63, 3.8) is 0 Å². The van der Waals surface area contributed by atoms with Gasteiger partial charge < -0.3 is 5.32 Å². The molecule has 1 aromatic heterocycles. The highest BCUT2D eigenvalue weighted by molar-refractivity contribution is 6.30. The number of nitrogens with zero attached hydrogens (tertiary/aromatic N) is 4. The Kier molecular flexibility index (Phi) is 5.49. The molecule has 0 saturated heterocycles. The second kappa shape index (κ2) is 7.36. The van der Waals surface area contributed by atoms with Crippen LogP contribution in [0.25, 0.3) is 0 Å². The van der Waals surface area contributed by atoms with E-state index in [4.69, 9.17) is 11.6 Å². The zero-order valence-electron chi connectivity index (χ0n) is 11.9. The third-order valence-electron chi connectivity index (χ3n) is 2.97. The first kappa shape index (κ1) is 14.9. The van der Waals surface area contributed by atoms with Crippen LogP contribution in [0.1, 0.15) is 25.2 Å². The lowest BCUT2D eigenvalue weighted by Crippen LogP contribution is -2.22. The molecule has 0 bridgehead atoms. The molecule has 0 amide bonds. The number of rotatable bonds is 7. The Hall–Kier alpha value is -1.46. The van der Waals surface area contributed by atoms with Crippen molar-refractivity contribution < 1.29 is 0 Å². The molecule has 0 unspecified atom stereocenters. The van der Waals surface area contributed by atoms with Gasteiger partial charge in [0.25, 0.3) is 0 Å². The number of hydrogen-bond donors (Lipinski definition) is 1. The Labute approximate surface area is 124 Å². The molecular formula is C14H20ClN5. The molecule has 1 N–H and O–H groups in total. The van der Waals surface area contributed by atoms with Gasteiger partial charge in [0.05, 0.1) is 6.54 Å². The van der Waals surface area contributed by atoms with E-state index in [0.29, 0.717) is 12.5 Å². The summed E-state index contributed by atoms with van der Waals surface area (Å²) in [7, 11) is 0. The van der Waals surface area contributed by atoms with Crippen LogP contribution in [0.3, 0.4) is 0 Å². The summed E-state index contributed by atoms with van der Waals surface area (Å²) in [6.45, 7) is 6.79. The Bertz CT molecular complexity index is 521. The van der Waals surface area contributed by atoms with Crippen molar-refractivity contribution in [3.05, 3.63) is 40.7 Å². The second-order valence-corrected chi connectivity index (χ2v) is 5.66. The molecule has 20 heavy (non-hydrogen) atoms. The summed E-state index contributed by atoms with van der Waals surface area (Å²) >= 11 is 5.87. The molecule has 108 valence electrons. The molecule has 0 spiro atoms. The van der Waals surface area contributed by atoms with Crippen LogP contribution >= 0.6 is 11.6 Å². The molecule has 0 aliphatic carbocycles. The van der Waals surface area contributed by atoms with E-state index in [-0.39, 0.29) is 0 Å². The van der Waals surface area contributed by atoms with Crippen LogP contribution in [-0.2, 0) is 19.5 Å². The number of tetrazole rings is 1. The average molecular weight is 294 g/mol. The van der Waals surface area contributed by atoms with E-state index in [0.717, 1.165) is 30.4 Å². The number of aromatic nitrogens is 4. The minimum Gasteiger partial charge on any atom is -0.310 e. The van der Waals surface area contributed by atoms with Gasteiger partial charge in [0.2, 0.25) is 0 Å². The zero-order chi connectivity index (χ0) is 14.4. The van der Waals surface area contributed by atoms with E-state index in [1.54, 1.807) is 0 Å². The maximum atomic E-state index is 5.87. The zero-order valence-corrected chi connectivity index (χ0v) is 12.6. The molecular weight excluding hydrogens is 274 g/mol. The predicted octanol–water partition coefficient (Wildman–Crippen LogP) is 2.31. The largest absolute Gasteiger partial charge is 0.310 e. The maximum Gasteiger partial charge on any atom is 0.165 e. The SMILES string of the molecule is CC(C)CNCc1nnnn1CCc1ccc(Cl)cc1. The second-order valence-electron chi connectivity index (χ2n) is 5.22. The molecule has 0 radical (unpaired) electrons. The van der Waals surface area contributed by atoms with Crippen molar-refractivity contribution in [2.45, 2.75) is 33.4 Å². The lowest BCUT2D eigenvalue weighted by atomic mass is 10.1. The van der Waals surface area contributed by atoms with Gasteiger partial charge in [-0.2, -0.15) is 0 Å². The van der Waals surface area contributed by atoms with Gasteiger partial charge in [-0.25, -0.2) is 4.68 Å². The number of nitrogens with one attached hydrogen (secondary N) is 1. The van der Waals surface area contributed by atoms with E-state index in [1.807, 2.05) is 28.9 Å². The third kappa shape index (κ3) is 4.58. The van der Waals surface area contributed by atoms with Crippen molar-refractivity contribution >= 4 is 11.6 Å². The minimum atomic E-state index is 0.619. The van der Waals surface area contributed by atoms with Crippen molar-refractivity contribution in [1.29, 1.82) is 0 Å². The average Bonchev–Trinajstić information content (AvgIpc) is 2.85. The van der Waals surface area contributed by atoms with Crippen LogP contribution in [0.5, 0.6) is 0 Å². The fourth-order valence-electron chi connectivity index (χ4n) is 1.88. The van der Waals surface area contributed by atoms with Crippen LogP contribution in [0.2, 0.25) is 5.02 Å². The Morgan fingerprint density at radius 3 is 2.70 bits per heavy atom. The third-order valence-corrected chi connectivity index (χ3v) is 3.22. The molecule has 1 aromatic carbocycles. The molecule has 0 atom stereocenters. The molecule has 6 heteroatoms. The van der Waals surface area contributed by atoms with Crippen LogP contribution < -0.4 is 5.32 Å². The van der Waals surface area contributed by atoms with Crippen molar-refractivity contribution in [2.75, 3.05) is 6.54 Å². The van der Waals surface area contributed by atoms with E-state index in [2.05, 4.69) is 34.7 Å². The van der Waals surface area contributed by atoms with Crippen LogP contribution in [0, 0.1) is 5.92 Å². The maximum absolute atomic E-state index is 5.87. The summed E-state index contributed by atoms with van der Waals surface area (Å²) in [5.41, 5.74) is 1.23. The quantitative estimate of drug-likeness (QED) is 0.851. The fourth-order valence-corrected chi connectivity index (χ4v) is 2.01. The first-order chi connectivity index (χ1) is 9.65. The first-order valence-electron chi connectivity index (χ1n) is 6.85. The smallest absolute Gasteiger partial charge is 0.165 e. The van der Waals surface area contributed by atoms with Crippen LogP contribution in [0.4, 0.5) is 0 Å². The summed E-state index contributed by atoms with van der Waals surface area (Å²) in [5.74, 6) is 1.49. The fraction of sp³-hybridized carbons (Fsp3) is 0.500. The summed E-state index contributed by atoms with van der Waals surface area (Å²) in [4.78, 5) is 0. The number of hydrogen-bond acceptors (Lipinski definition) is 4. The van der Waals surface area contributed by atoms with Gasteiger partial charge in [0.15, 0.2) is 5.82 Å². The van der Waals surface area contributed by atoms with E-state index >= 15 is 0 Å². The predicted molar refractivity (Wildman–Crippen MR) is 79.5 cm³/mol. The molecule has 2 rings (SSSR count). The number of halogens is 1. The Morgan fingerprint density at radius 2 is 2.00 bits per heavy atom. The van der Waals surface area contributed by atoms with Crippen molar-refractivity contribution in [3.8, 4) is 0 Å². The summed E-state index contributed by atoms with van der Waals surface area (Å²) in [5, 5.41) is 16.0. The lowest BCUT2D eigenvalue weighted by molar-refractivity contribution is 0.509. The normalized spacial score (nSPS) is 11.2. The first-order valence-corrected chi connectivity index (χ1v) is 7.23. The molecule has 0 fully saturated rings. The number of aryl methyl sites for hydroxylation is 2. The minimum absolute atomic E-state index is 0.619. The monoisotopic (exact) mass is 293 g/mol.